The van der Waals surface area contributed by atoms with E-state index < -0.39 is 0 Å². The molecule has 0 radical (unpaired) electrons. The van der Waals surface area contributed by atoms with Crippen LogP contribution in [0.25, 0.3) is 0 Å². The Balaban J connectivity index is 3.95. The third-order valence-electron chi connectivity index (χ3n) is 2.69. The van der Waals surface area contributed by atoms with E-state index in [1.165, 1.54) is 0 Å². The van der Waals surface area contributed by atoms with Crippen LogP contribution in [0.4, 0.5) is 0 Å². The minimum atomic E-state index is -0.108. The van der Waals surface area contributed by atoms with Crippen LogP contribution in [0.15, 0.2) is 0 Å². The molecule has 2 unspecified atom stereocenters. The first kappa shape index (κ1) is 13.5. The van der Waals surface area contributed by atoms with Crippen molar-refractivity contribution in [2.24, 2.45) is 11.3 Å². The minimum absolute atomic E-state index is 0.0605. The number of esters is 1. The van der Waals surface area contributed by atoms with Crippen LogP contribution in [0.2, 0.25) is 0 Å². The summed E-state index contributed by atoms with van der Waals surface area (Å²) in [5.74, 6) is 0.232. The normalized spacial score (nSPS) is 16.1. The zero-order valence-corrected chi connectivity index (χ0v) is 10.1. The third-order valence-corrected chi connectivity index (χ3v) is 2.69. The summed E-state index contributed by atoms with van der Waals surface area (Å²) >= 11 is 0. The molecule has 0 aromatic heterocycles. The van der Waals surface area contributed by atoms with Gasteiger partial charge in [-0.3, -0.25) is 4.79 Å². The number of rotatable bonds is 4. The summed E-state index contributed by atoms with van der Waals surface area (Å²) in [6.45, 7) is 14.0. The molecule has 0 aliphatic rings. The molecule has 0 bridgehead atoms. The summed E-state index contributed by atoms with van der Waals surface area (Å²) in [7, 11) is 0. The van der Waals surface area contributed by atoms with E-state index in [1.807, 2.05) is 6.92 Å². The fourth-order valence-corrected chi connectivity index (χ4v) is 0.888. The molecule has 84 valence electrons. The van der Waals surface area contributed by atoms with Gasteiger partial charge in [0.15, 0.2) is 0 Å². The lowest BCUT2D eigenvalue weighted by Crippen LogP contribution is -2.23. The molecular formula is C12H23O2-. The van der Waals surface area contributed by atoms with Gasteiger partial charge in [-0.15, -0.1) is 6.42 Å². The molecule has 2 heteroatoms. The molecule has 0 aromatic rings. The van der Waals surface area contributed by atoms with Crippen molar-refractivity contribution < 1.29 is 9.53 Å². The van der Waals surface area contributed by atoms with Crippen LogP contribution in [0, 0.1) is 18.3 Å². The first-order valence-corrected chi connectivity index (χ1v) is 5.26. The van der Waals surface area contributed by atoms with Gasteiger partial charge in [0.2, 0.25) is 0 Å². The summed E-state index contributed by atoms with van der Waals surface area (Å²) in [6.07, 6.45) is 1.07. The van der Waals surface area contributed by atoms with Gasteiger partial charge < -0.3 is 11.7 Å². The molecule has 0 fully saturated rings. The van der Waals surface area contributed by atoms with Crippen molar-refractivity contribution in [1.82, 2.24) is 0 Å². The van der Waals surface area contributed by atoms with E-state index in [2.05, 4.69) is 34.6 Å². The van der Waals surface area contributed by atoms with Crippen molar-refractivity contribution in [3.63, 3.8) is 0 Å². The highest BCUT2D eigenvalue weighted by Crippen LogP contribution is 2.28. The summed E-state index contributed by atoms with van der Waals surface area (Å²) < 4.78 is 5.16. The van der Waals surface area contributed by atoms with Gasteiger partial charge in [-0.2, -0.15) is 0 Å². The molecule has 14 heavy (non-hydrogen) atoms. The Kier molecular flexibility index (Phi) is 5.17. The van der Waals surface area contributed by atoms with Gasteiger partial charge in [-0.25, -0.2) is 0 Å². The van der Waals surface area contributed by atoms with Crippen LogP contribution in [0.1, 0.15) is 47.5 Å². The lowest BCUT2D eigenvalue weighted by molar-refractivity contribution is -0.150. The number of hydrogen-bond acceptors (Lipinski definition) is 2. The van der Waals surface area contributed by atoms with Crippen molar-refractivity contribution in [1.29, 1.82) is 0 Å². The molecule has 0 saturated heterocycles. The topological polar surface area (TPSA) is 26.3 Å². The van der Waals surface area contributed by atoms with E-state index in [9.17, 15) is 4.79 Å². The molecule has 0 heterocycles. The molecule has 0 aliphatic carbocycles. The van der Waals surface area contributed by atoms with Gasteiger partial charge in [-0.05, 0) is 18.3 Å². The fourth-order valence-electron chi connectivity index (χ4n) is 0.888. The van der Waals surface area contributed by atoms with Gasteiger partial charge in [0.05, 0.1) is 6.10 Å². The minimum Gasteiger partial charge on any atom is -0.465 e. The fraction of sp³-hybridized carbons (Fsp3) is 0.833. The van der Waals surface area contributed by atoms with Gasteiger partial charge in [-0.1, -0.05) is 27.7 Å². The van der Waals surface area contributed by atoms with E-state index in [0.717, 1.165) is 0 Å². The highest BCUT2D eigenvalue weighted by atomic mass is 16.5. The van der Waals surface area contributed by atoms with Crippen molar-refractivity contribution in [2.75, 3.05) is 0 Å². The van der Waals surface area contributed by atoms with Crippen LogP contribution in [0.3, 0.4) is 0 Å². The first-order valence-electron chi connectivity index (χ1n) is 5.26. The number of ether oxygens (including phenoxy) is 1. The van der Waals surface area contributed by atoms with Crippen molar-refractivity contribution in [2.45, 2.75) is 53.6 Å². The Bertz CT molecular complexity index is 179. The van der Waals surface area contributed by atoms with Crippen LogP contribution in [-0.2, 0) is 9.53 Å². The maximum Gasteiger partial charge on any atom is 0.306 e. The predicted octanol–water partition coefficient (Wildman–Crippen LogP) is 3.21. The van der Waals surface area contributed by atoms with Gasteiger partial charge in [0.25, 0.3) is 0 Å². The largest absolute Gasteiger partial charge is 0.465 e. The molecule has 0 saturated carbocycles. The van der Waals surface area contributed by atoms with Crippen molar-refractivity contribution in [3.8, 4) is 0 Å². The monoisotopic (exact) mass is 199 g/mol. The van der Waals surface area contributed by atoms with Crippen LogP contribution < -0.4 is 0 Å². The highest BCUT2D eigenvalue weighted by molar-refractivity contribution is 5.69. The van der Waals surface area contributed by atoms with E-state index in [0.29, 0.717) is 18.8 Å². The van der Waals surface area contributed by atoms with Gasteiger partial charge >= 0.3 is 5.97 Å². The second-order valence-electron chi connectivity index (χ2n) is 5.06. The summed E-state index contributed by atoms with van der Waals surface area (Å²) in [5, 5.41) is 0. The number of carbonyl (C=O) groups is 1. The number of hydrogen-bond donors (Lipinski definition) is 0. The SMILES string of the molecule is [CH2-]CC(C)OC(=O)CC(C)C(C)(C)C. The van der Waals surface area contributed by atoms with Crippen LogP contribution in [0.5, 0.6) is 0 Å². The molecule has 2 nitrogen and oxygen atoms in total. The molecule has 0 aromatic carbocycles. The maximum absolute atomic E-state index is 11.4. The van der Waals surface area contributed by atoms with Crippen molar-refractivity contribution >= 4 is 5.97 Å². The summed E-state index contributed by atoms with van der Waals surface area (Å²) in [4.78, 5) is 11.4. The van der Waals surface area contributed by atoms with Crippen molar-refractivity contribution in [3.05, 3.63) is 6.92 Å². The smallest absolute Gasteiger partial charge is 0.306 e. The lowest BCUT2D eigenvalue weighted by Gasteiger charge is -2.27. The Morgan fingerprint density at radius 1 is 1.36 bits per heavy atom. The Morgan fingerprint density at radius 3 is 2.21 bits per heavy atom. The summed E-state index contributed by atoms with van der Waals surface area (Å²) in [6, 6.07) is 0. The second kappa shape index (κ2) is 5.38. The second-order valence-corrected chi connectivity index (χ2v) is 5.06. The van der Waals surface area contributed by atoms with Crippen LogP contribution in [-0.4, -0.2) is 12.1 Å². The molecule has 2 atom stereocenters. The average Bonchev–Trinajstić information content (AvgIpc) is 2.02. The average molecular weight is 199 g/mol. The predicted molar refractivity (Wildman–Crippen MR) is 58.8 cm³/mol. The molecule has 0 rings (SSSR count). The Hall–Kier alpha value is -0.530. The Morgan fingerprint density at radius 2 is 1.86 bits per heavy atom. The van der Waals surface area contributed by atoms with E-state index in [1.54, 1.807) is 0 Å². The lowest BCUT2D eigenvalue weighted by atomic mass is 9.80. The molecule has 0 amide bonds. The molecule has 0 N–H and O–H groups in total. The highest BCUT2D eigenvalue weighted by Gasteiger charge is 2.23. The standard InChI is InChI=1S/C12H23O2/c1-7-10(3)14-11(13)8-9(2)12(4,5)6/h9-10H,1,7-8H2,2-6H3/q-1. The van der Waals surface area contributed by atoms with Crippen LogP contribution >= 0.6 is 0 Å². The number of carbonyl (C=O) groups excluding carboxylic acids is 1. The van der Waals surface area contributed by atoms with Gasteiger partial charge in [0, 0.05) is 6.42 Å². The zero-order chi connectivity index (χ0) is 11.4. The maximum atomic E-state index is 11.4. The van der Waals surface area contributed by atoms with E-state index in [4.69, 9.17) is 4.74 Å². The first-order chi connectivity index (χ1) is 6.27. The Labute approximate surface area is 88.0 Å². The van der Waals surface area contributed by atoms with E-state index in [-0.39, 0.29) is 17.5 Å². The zero-order valence-electron chi connectivity index (χ0n) is 10.1. The summed E-state index contributed by atoms with van der Waals surface area (Å²) in [5.41, 5.74) is 0.159. The third kappa shape index (κ3) is 5.25. The van der Waals surface area contributed by atoms with Gasteiger partial charge in [0.1, 0.15) is 0 Å². The quantitative estimate of drug-likeness (QED) is 0.513. The molecular weight excluding hydrogens is 176 g/mol. The van der Waals surface area contributed by atoms with E-state index >= 15 is 0 Å². The molecule has 0 aliphatic heterocycles. The molecule has 0 spiro atoms.